The normalized spacial score (nSPS) is 21.4. The fraction of sp³-hybridized carbons (Fsp3) is 0.600. The van der Waals surface area contributed by atoms with Gasteiger partial charge in [0, 0.05) is 25.1 Å². The van der Waals surface area contributed by atoms with E-state index in [4.69, 9.17) is 4.74 Å². The van der Waals surface area contributed by atoms with E-state index in [9.17, 15) is 14.4 Å². The highest BCUT2D eigenvalue weighted by Gasteiger charge is 2.35. The van der Waals surface area contributed by atoms with Gasteiger partial charge in [0.1, 0.15) is 12.0 Å². The molecule has 2 rings (SSSR count). The van der Waals surface area contributed by atoms with E-state index < -0.39 is 6.04 Å². The quantitative estimate of drug-likeness (QED) is 0.558. The van der Waals surface area contributed by atoms with Gasteiger partial charge >= 0.3 is 5.97 Å². The Morgan fingerprint density at radius 1 is 1.48 bits per heavy atom. The van der Waals surface area contributed by atoms with Crippen molar-refractivity contribution in [3.8, 4) is 0 Å². The van der Waals surface area contributed by atoms with E-state index in [1.165, 1.54) is 0 Å². The first-order valence-electron chi connectivity index (χ1n) is 7.25. The number of esters is 1. The van der Waals surface area contributed by atoms with Crippen molar-refractivity contribution in [1.29, 1.82) is 0 Å². The molecule has 0 aromatic rings. The molecule has 1 saturated heterocycles. The Balaban J connectivity index is 1.96. The SMILES string of the molecule is CCOC(=O)C1CCCN1C(=O)CN1C=CCC(=C=O)C1. The molecule has 1 atom stereocenters. The van der Waals surface area contributed by atoms with Crippen molar-refractivity contribution in [1.82, 2.24) is 9.80 Å². The Kier molecular flexibility index (Phi) is 5.17. The molecular weight excluding hydrogens is 272 g/mol. The van der Waals surface area contributed by atoms with E-state index in [1.807, 2.05) is 18.2 Å². The summed E-state index contributed by atoms with van der Waals surface area (Å²) >= 11 is 0. The summed E-state index contributed by atoms with van der Waals surface area (Å²) in [6.45, 7) is 3.24. The molecular formula is C15H20N2O4. The molecule has 1 fully saturated rings. The fourth-order valence-electron chi connectivity index (χ4n) is 2.70. The zero-order valence-electron chi connectivity index (χ0n) is 12.2. The minimum Gasteiger partial charge on any atom is -0.464 e. The molecule has 0 N–H and O–H groups in total. The summed E-state index contributed by atoms with van der Waals surface area (Å²) in [5.74, 6) is 1.46. The monoisotopic (exact) mass is 292 g/mol. The molecule has 1 unspecified atom stereocenters. The van der Waals surface area contributed by atoms with Gasteiger partial charge in [0.2, 0.25) is 5.91 Å². The fourth-order valence-corrected chi connectivity index (χ4v) is 2.70. The molecule has 6 heteroatoms. The molecule has 6 nitrogen and oxygen atoms in total. The molecule has 0 radical (unpaired) electrons. The highest BCUT2D eigenvalue weighted by molar-refractivity contribution is 5.86. The van der Waals surface area contributed by atoms with Gasteiger partial charge < -0.3 is 14.5 Å². The maximum atomic E-state index is 12.4. The molecule has 2 aliphatic rings. The van der Waals surface area contributed by atoms with Gasteiger partial charge in [-0.15, -0.1) is 0 Å². The number of amides is 1. The lowest BCUT2D eigenvalue weighted by Crippen LogP contribution is -2.45. The van der Waals surface area contributed by atoms with E-state index in [-0.39, 0.29) is 18.4 Å². The Labute approximate surface area is 124 Å². The summed E-state index contributed by atoms with van der Waals surface area (Å²) in [7, 11) is 0. The number of likely N-dealkylation sites (tertiary alicyclic amines) is 1. The minimum absolute atomic E-state index is 0.109. The van der Waals surface area contributed by atoms with Crippen molar-refractivity contribution < 1.29 is 19.1 Å². The van der Waals surface area contributed by atoms with Crippen LogP contribution in [-0.2, 0) is 19.1 Å². The van der Waals surface area contributed by atoms with Gasteiger partial charge in [-0.1, -0.05) is 6.08 Å². The zero-order valence-corrected chi connectivity index (χ0v) is 12.2. The lowest BCUT2D eigenvalue weighted by molar-refractivity contribution is -0.153. The van der Waals surface area contributed by atoms with E-state index >= 15 is 0 Å². The number of hydrogen-bond donors (Lipinski definition) is 0. The van der Waals surface area contributed by atoms with Crippen LogP contribution in [0.1, 0.15) is 26.2 Å². The maximum absolute atomic E-state index is 12.4. The largest absolute Gasteiger partial charge is 0.464 e. The Morgan fingerprint density at radius 3 is 3.00 bits per heavy atom. The molecule has 114 valence electrons. The third kappa shape index (κ3) is 3.73. The smallest absolute Gasteiger partial charge is 0.328 e. The van der Waals surface area contributed by atoms with Crippen LogP contribution in [0.4, 0.5) is 0 Å². The number of nitrogens with zero attached hydrogens (tertiary/aromatic N) is 2. The lowest BCUT2D eigenvalue weighted by Gasteiger charge is -2.28. The predicted molar refractivity (Wildman–Crippen MR) is 75.9 cm³/mol. The van der Waals surface area contributed by atoms with E-state index in [1.54, 1.807) is 16.7 Å². The van der Waals surface area contributed by atoms with Gasteiger partial charge in [-0.3, -0.25) is 4.79 Å². The average Bonchev–Trinajstić information content (AvgIpc) is 2.97. The predicted octanol–water partition coefficient (Wildman–Crippen LogP) is 0.518. The van der Waals surface area contributed by atoms with Gasteiger partial charge in [-0.2, -0.15) is 0 Å². The van der Waals surface area contributed by atoms with Gasteiger partial charge in [-0.05, 0) is 26.0 Å². The third-order valence-electron chi connectivity index (χ3n) is 3.69. The van der Waals surface area contributed by atoms with Crippen LogP contribution in [0.15, 0.2) is 17.8 Å². The molecule has 1 amide bonds. The second kappa shape index (κ2) is 7.09. The van der Waals surface area contributed by atoms with Crippen LogP contribution in [-0.4, -0.2) is 59.9 Å². The summed E-state index contributed by atoms with van der Waals surface area (Å²) in [6.07, 6.45) is 5.70. The number of ether oxygens (including phenoxy) is 1. The first-order valence-corrected chi connectivity index (χ1v) is 7.25. The van der Waals surface area contributed by atoms with Crippen LogP contribution in [0.2, 0.25) is 0 Å². The summed E-state index contributed by atoms with van der Waals surface area (Å²) in [5, 5.41) is 0. The van der Waals surface area contributed by atoms with Crippen molar-refractivity contribution >= 4 is 17.8 Å². The summed E-state index contributed by atoms with van der Waals surface area (Å²) in [6, 6.07) is -0.465. The molecule has 0 aromatic heterocycles. The molecule has 2 aliphatic heterocycles. The highest BCUT2D eigenvalue weighted by Crippen LogP contribution is 2.19. The van der Waals surface area contributed by atoms with Crippen LogP contribution >= 0.6 is 0 Å². The van der Waals surface area contributed by atoms with Crippen molar-refractivity contribution in [2.24, 2.45) is 0 Å². The second-order valence-corrected chi connectivity index (χ2v) is 5.20. The first-order chi connectivity index (χ1) is 10.2. The number of hydrogen-bond acceptors (Lipinski definition) is 5. The highest BCUT2D eigenvalue weighted by atomic mass is 16.5. The van der Waals surface area contributed by atoms with Crippen LogP contribution in [0.3, 0.4) is 0 Å². The number of carbonyl (C=O) groups is 2. The van der Waals surface area contributed by atoms with E-state index in [2.05, 4.69) is 0 Å². The van der Waals surface area contributed by atoms with Crippen molar-refractivity contribution in [3.05, 3.63) is 17.8 Å². The number of rotatable bonds is 4. The Bertz CT molecular complexity index is 494. The van der Waals surface area contributed by atoms with E-state index in [0.717, 1.165) is 6.42 Å². The van der Waals surface area contributed by atoms with Crippen LogP contribution in [0.5, 0.6) is 0 Å². The number of carbonyl (C=O) groups excluding carboxylic acids is 3. The molecule has 0 spiro atoms. The molecule has 0 saturated carbocycles. The van der Waals surface area contributed by atoms with Crippen molar-refractivity contribution in [3.63, 3.8) is 0 Å². The Hall–Kier alpha value is -2.07. The van der Waals surface area contributed by atoms with Gasteiger partial charge in [0.15, 0.2) is 0 Å². The van der Waals surface area contributed by atoms with Crippen LogP contribution in [0, 0.1) is 0 Å². The van der Waals surface area contributed by atoms with Gasteiger partial charge in [-0.25, -0.2) is 9.59 Å². The summed E-state index contributed by atoms with van der Waals surface area (Å²) in [4.78, 5) is 38.3. The van der Waals surface area contributed by atoms with Crippen molar-refractivity contribution in [2.45, 2.75) is 32.2 Å². The van der Waals surface area contributed by atoms with Crippen LogP contribution < -0.4 is 0 Å². The summed E-state index contributed by atoms with van der Waals surface area (Å²) in [5.41, 5.74) is 0.633. The molecule has 2 heterocycles. The average molecular weight is 292 g/mol. The molecule has 21 heavy (non-hydrogen) atoms. The molecule has 0 aliphatic carbocycles. The van der Waals surface area contributed by atoms with Crippen molar-refractivity contribution in [2.75, 3.05) is 26.2 Å². The molecule has 0 aromatic carbocycles. The topological polar surface area (TPSA) is 66.9 Å². The minimum atomic E-state index is -0.465. The third-order valence-corrected chi connectivity index (χ3v) is 3.69. The van der Waals surface area contributed by atoms with Gasteiger partial charge in [0.05, 0.1) is 13.2 Å². The lowest BCUT2D eigenvalue weighted by atomic mass is 10.1. The van der Waals surface area contributed by atoms with Crippen LogP contribution in [0.25, 0.3) is 0 Å². The molecule has 0 bridgehead atoms. The summed E-state index contributed by atoms with van der Waals surface area (Å²) < 4.78 is 5.01. The number of allylic oxidation sites excluding steroid dienone is 1. The first kappa shape index (κ1) is 15.3. The second-order valence-electron chi connectivity index (χ2n) is 5.20. The van der Waals surface area contributed by atoms with Gasteiger partial charge in [0.25, 0.3) is 0 Å². The maximum Gasteiger partial charge on any atom is 0.328 e. The van der Waals surface area contributed by atoms with E-state index in [0.29, 0.717) is 38.1 Å². The standard InChI is InChI=1S/C15H20N2O4/c1-2-21-15(20)13-6-4-8-17(13)14(19)10-16-7-3-5-12(9-16)11-18/h3,7,13H,2,4-6,8-10H2,1H3. The Morgan fingerprint density at radius 2 is 2.29 bits per heavy atom. The zero-order chi connectivity index (χ0) is 15.2.